The molecule has 0 saturated carbocycles. The topological polar surface area (TPSA) is 79.4 Å². The first-order valence-electron chi connectivity index (χ1n) is 10.4. The fraction of sp³-hybridized carbons (Fsp3) is 0.478. The Bertz CT molecular complexity index is 994. The Morgan fingerprint density at radius 3 is 2.67 bits per heavy atom. The maximum absolute atomic E-state index is 12.9. The molecule has 1 aliphatic carbocycles. The Kier molecular flexibility index (Phi) is 5.49. The lowest BCUT2D eigenvalue weighted by Gasteiger charge is -2.32. The monoisotopic (exact) mass is 425 g/mol. The van der Waals surface area contributed by atoms with Gasteiger partial charge < -0.3 is 10.2 Å². The highest BCUT2D eigenvalue weighted by atomic mass is 32.1. The van der Waals surface area contributed by atoms with Crippen molar-refractivity contribution in [2.24, 2.45) is 11.3 Å². The van der Waals surface area contributed by atoms with Crippen LogP contribution >= 0.6 is 11.3 Å². The number of aryl methyl sites for hydroxylation is 1. The number of thiazole rings is 1. The van der Waals surface area contributed by atoms with Crippen LogP contribution in [0.3, 0.4) is 0 Å². The van der Waals surface area contributed by atoms with Crippen LogP contribution in [0.5, 0.6) is 0 Å². The van der Waals surface area contributed by atoms with Crippen molar-refractivity contribution in [1.29, 1.82) is 0 Å². The van der Waals surface area contributed by atoms with Gasteiger partial charge in [-0.05, 0) is 43.7 Å². The first kappa shape index (κ1) is 20.7. The summed E-state index contributed by atoms with van der Waals surface area (Å²) >= 11 is 1.27. The summed E-state index contributed by atoms with van der Waals surface area (Å²) < 4.78 is 0. The number of piperidine rings is 1. The molecule has 0 bridgehead atoms. The number of likely N-dealkylation sites (tertiary alicyclic amines) is 1. The molecule has 2 amide bonds. The number of carbonyl (C=O) groups excluding carboxylic acids is 3. The van der Waals surface area contributed by atoms with Gasteiger partial charge in [-0.25, -0.2) is 4.98 Å². The zero-order valence-electron chi connectivity index (χ0n) is 17.7. The zero-order chi connectivity index (χ0) is 21.5. The maximum atomic E-state index is 12.9. The van der Waals surface area contributed by atoms with Gasteiger partial charge in [0.2, 0.25) is 5.91 Å². The first-order valence-corrected chi connectivity index (χ1v) is 11.2. The van der Waals surface area contributed by atoms with Gasteiger partial charge in [0.1, 0.15) is 0 Å². The Morgan fingerprint density at radius 1 is 1.20 bits per heavy atom. The quantitative estimate of drug-likeness (QED) is 0.803. The maximum Gasteiger partial charge on any atom is 0.253 e. The molecule has 2 aromatic rings. The predicted octanol–water partition coefficient (Wildman–Crippen LogP) is 4.10. The minimum absolute atomic E-state index is 0.0370. The van der Waals surface area contributed by atoms with Crippen LogP contribution in [-0.4, -0.2) is 40.6 Å². The number of fused-ring (bicyclic) bond motifs is 1. The summed E-state index contributed by atoms with van der Waals surface area (Å²) in [7, 11) is 0. The molecule has 1 saturated heterocycles. The summed E-state index contributed by atoms with van der Waals surface area (Å²) in [4.78, 5) is 45.0. The highest BCUT2D eigenvalue weighted by Crippen LogP contribution is 2.38. The van der Waals surface area contributed by atoms with Crippen molar-refractivity contribution in [2.75, 3.05) is 18.4 Å². The molecule has 2 aliphatic rings. The number of nitrogens with zero attached hydrogens (tertiary/aromatic N) is 2. The second-order valence-corrected chi connectivity index (χ2v) is 10.2. The van der Waals surface area contributed by atoms with Crippen LogP contribution in [-0.2, 0) is 11.2 Å². The van der Waals surface area contributed by atoms with E-state index in [9.17, 15) is 14.4 Å². The molecule has 1 aromatic carbocycles. The average molecular weight is 426 g/mol. The second kappa shape index (κ2) is 7.95. The number of aromatic nitrogens is 1. The van der Waals surface area contributed by atoms with E-state index in [-0.39, 0.29) is 28.9 Å². The predicted molar refractivity (Wildman–Crippen MR) is 117 cm³/mol. The second-order valence-electron chi connectivity index (χ2n) is 9.18. The van der Waals surface area contributed by atoms with E-state index in [1.54, 1.807) is 4.90 Å². The highest BCUT2D eigenvalue weighted by molar-refractivity contribution is 7.17. The number of nitrogens with one attached hydrogen (secondary N) is 1. The van der Waals surface area contributed by atoms with E-state index in [1.165, 1.54) is 11.3 Å². The summed E-state index contributed by atoms with van der Waals surface area (Å²) in [6, 6.07) is 7.52. The summed E-state index contributed by atoms with van der Waals surface area (Å²) in [6.45, 7) is 7.17. The SMILES string of the molecule is Cc1ccc(C(=O)N2CCCC(C(=O)Nc3nc4c(s3)C(=O)CC(C)(C)C4)C2)cc1. The van der Waals surface area contributed by atoms with Crippen molar-refractivity contribution >= 4 is 34.1 Å². The van der Waals surface area contributed by atoms with Crippen LogP contribution in [0.25, 0.3) is 0 Å². The van der Waals surface area contributed by atoms with Crippen molar-refractivity contribution < 1.29 is 14.4 Å². The molecule has 1 atom stereocenters. The molecule has 1 aromatic heterocycles. The number of hydrogen-bond acceptors (Lipinski definition) is 5. The third kappa shape index (κ3) is 4.31. The van der Waals surface area contributed by atoms with Crippen LogP contribution in [0.4, 0.5) is 5.13 Å². The molecular formula is C23H27N3O3S. The largest absolute Gasteiger partial charge is 0.338 e. The van der Waals surface area contributed by atoms with Crippen molar-refractivity contribution in [3.63, 3.8) is 0 Å². The summed E-state index contributed by atoms with van der Waals surface area (Å²) in [5, 5.41) is 3.39. The molecule has 0 radical (unpaired) electrons. The average Bonchev–Trinajstić information content (AvgIpc) is 3.09. The number of Topliss-reactive ketones (excluding diaryl/α,β-unsaturated/α-hetero) is 1. The smallest absolute Gasteiger partial charge is 0.253 e. The van der Waals surface area contributed by atoms with Gasteiger partial charge in [0.15, 0.2) is 10.9 Å². The van der Waals surface area contributed by atoms with E-state index < -0.39 is 0 Å². The molecular weight excluding hydrogens is 398 g/mol. The molecule has 1 unspecified atom stereocenters. The molecule has 2 heterocycles. The minimum atomic E-state index is -0.277. The molecule has 0 spiro atoms. The van der Waals surface area contributed by atoms with Gasteiger partial charge in [-0.2, -0.15) is 0 Å². The number of anilines is 1. The van der Waals surface area contributed by atoms with Crippen LogP contribution < -0.4 is 5.32 Å². The van der Waals surface area contributed by atoms with Crippen LogP contribution in [0.15, 0.2) is 24.3 Å². The van der Waals surface area contributed by atoms with Gasteiger partial charge >= 0.3 is 0 Å². The van der Waals surface area contributed by atoms with Gasteiger partial charge in [0.05, 0.1) is 16.5 Å². The Morgan fingerprint density at radius 2 is 1.93 bits per heavy atom. The number of hydrogen-bond donors (Lipinski definition) is 1. The summed E-state index contributed by atoms with van der Waals surface area (Å²) in [5.74, 6) is -0.341. The third-order valence-electron chi connectivity index (χ3n) is 5.84. The molecule has 158 valence electrons. The standard InChI is InChI=1S/C23H27N3O3S/c1-14-6-8-15(9-7-14)21(29)26-10-4-5-16(13-26)20(28)25-22-24-17-11-23(2,3)12-18(27)19(17)30-22/h6-9,16H,4-5,10-13H2,1-3H3,(H,24,25,28). The lowest BCUT2D eigenvalue weighted by atomic mass is 9.78. The number of carbonyl (C=O) groups is 3. The van der Waals surface area contributed by atoms with Gasteiger partial charge in [0.25, 0.3) is 5.91 Å². The molecule has 1 aliphatic heterocycles. The number of benzene rings is 1. The van der Waals surface area contributed by atoms with Gasteiger partial charge in [-0.1, -0.05) is 42.9 Å². The minimum Gasteiger partial charge on any atom is -0.338 e. The van der Waals surface area contributed by atoms with Crippen molar-refractivity contribution in [3.8, 4) is 0 Å². The fourth-order valence-corrected chi connectivity index (χ4v) is 5.16. The van der Waals surface area contributed by atoms with Crippen LogP contribution in [0.2, 0.25) is 0 Å². The number of ketones is 1. The lowest BCUT2D eigenvalue weighted by Crippen LogP contribution is -2.43. The van der Waals surface area contributed by atoms with E-state index in [2.05, 4.69) is 24.1 Å². The number of rotatable bonds is 3. The summed E-state index contributed by atoms with van der Waals surface area (Å²) in [6.07, 6.45) is 2.77. The first-order chi connectivity index (χ1) is 14.2. The molecule has 30 heavy (non-hydrogen) atoms. The van der Waals surface area contributed by atoms with E-state index >= 15 is 0 Å². The number of amides is 2. The molecule has 4 rings (SSSR count). The highest BCUT2D eigenvalue weighted by Gasteiger charge is 2.35. The van der Waals surface area contributed by atoms with E-state index in [4.69, 9.17) is 0 Å². The zero-order valence-corrected chi connectivity index (χ0v) is 18.5. The Labute approximate surface area is 180 Å². The van der Waals surface area contributed by atoms with Crippen LogP contribution in [0, 0.1) is 18.3 Å². The lowest BCUT2D eigenvalue weighted by molar-refractivity contribution is -0.121. The molecule has 1 N–H and O–H groups in total. The molecule has 1 fully saturated rings. The van der Waals surface area contributed by atoms with E-state index in [1.807, 2.05) is 31.2 Å². The van der Waals surface area contributed by atoms with Crippen molar-refractivity contribution in [2.45, 2.75) is 46.5 Å². The normalized spacial score (nSPS) is 20.6. The summed E-state index contributed by atoms with van der Waals surface area (Å²) in [5.41, 5.74) is 2.45. The third-order valence-corrected chi connectivity index (χ3v) is 6.90. The fourth-order valence-electron chi connectivity index (χ4n) is 4.24. The molecule has 6 nitrogen and oxygen atoms in total. The Hall–Kier alpha value is -2.54. The molecule has 7 heteroatoms. The van der Waals surface area contributed by atoms with Crippen LogP contribution in [0.1, 0.15) is 64.4 Å². The van der Waals surface area contributed by atoms with E-state index in [0.29, 0.717) is 35.1 Å². The van der Waals surface area contributed by atoms with Gasteiger partial charge in [-0.15, -0.1) is 0 Å². The van der Waals surface area contributed by atoms with Gasteiger partial charge in [-0.3, -0.25) is 14.4 Å². The van der Waals surface area contributed by atoms with Crippen molar-refractivity contribution in [3.05, 3.63) is 46.0 Å². The van der Waals surface area contributed by atoms with E-state index in [0.717, 1.165) is 30.5 Å². The van der Waals surface area contributed by atoms with Crippen molar-refractivity contribution in [1.82, 2.24) is 9.88 Å². The van der Waals surface area contributed by atoms with Gasteiger partial charge in [0, 0.05) is 25.1 Å². The Balaban J connectivity index is 1.42.